The molecular weight excluding hydrogens is 248 g/mol. The third-order valence-electron chi connectivity index (χ3n) is 3.54. The lowest BCUT2D eigenvalue weighted by atomic mass is 9.83. The van der Waals surface area contributed by atoms with Crippen molar-refractivity contribution in [1.29, 1.82) is 0 Å². The van der Waals surface area contributed by atoms with Gasteiger partial charge in [0.15, 0.2) is 0 Å². The van der Waals surface area contributed by atoms with Gasteiger partial charge in [-0.3, -0.25) is 0 Å². The summed E-state index contributed by atoms with van der Waals surface area (Å²) in [6.07, 6.45) is 5.10. The summed E-state index contributed by atoms with van der Waals surface area (Å²) in [5.74, 6) is 0.825. The van der Waals surface area contributed by atoms with Gasteiger partial charge in [-0.1, -0.05) is 31.4 Å². The molecular formula is C13H20N2O2S. The number of benzene rings is 1. The van der Waals surface area contributed by atoms with Gasteiger partial charge in [0.25, 0.3) is 0 Å². The van der Waals surface area contributed by atoms with Crippen molar-refractivity contribution in [2.45, 2.75) is 30.6 Å². The molecule has 5 heteroatoms. The molecule has 2 N–H and O–H groups in total. The fourth-order valence-corrected chi connectivity index (χ4v) is 3.06. The molecule has 1 aromatic rings. The monoisotopic (exact) mass is 268 g/mol. The molecule has 1 aromatic carbocycles. The average molecular weight is 268 g/mol. The Kier molecular flexibility index (Phi) is 4.24. The van der Waals surface area contributed by atoms with Crippen molar-refractivity contribution >= 4 is 15.7 Å². The second kappa shape index (κ2) is 5.71. The minimum Gasteiger partial charge on any atom is -0.384 e. The summed E-state index contributed by atoms with van der Waals surface area (Å²) >= 11 is 0. The number of hydrogen-bond donors (Lipinski definition) is 2. The SMILES string of the molecule is CNS(=O)(=O)c1ccccc1NCCC1CCC1. The molecule has 18 heavy (non-hydrogen) atoms. The van der Waals surface area contributed by atoms with Crippen LogP contribution in [0.5, 0.6) is 0 Å². The maximum atomic E-state index is 11.8. The van der Waals surface area contributed by atoms with Crippen LogP contribution in [-0.4, -0.2) is 22.0 Å². The zero-order chi connectivity index (χ0) is 13.0. The van der Waals surface area contributed by atoms with Crippen molar-refractivity contribution in [3.63, 3.8) is 0 Å². The van der Waals surface area contributed by atoms with Crippen LogP contribution in [0.3, 0.4) is 0 Å². The summed E-state index contributed by atoms with van der Waals surface area (Å²) in [4.78, 5) is 0.320. The Balaban J connectivity index is 2.02. The van der Waals surface area contributed by atoms with E-state index in [4.69, 9.17) is 0 Å². The van der Waals surface area contributed by atoms with E-state index in [1.54, 1.807) is 12.1 Å². The molecule has 1 fully saturated rings. The molecule has 0 spiro atoms. The van der Waals surface area contributed by atoms with Crippen LogP contribution in [0.2, 0.25) is 0 Å². The lowest BCUT2D eigenvalue weighted by molar-refractivity contribution is 0.303. The summed E-state index contributed by atoms with van der Waals surface area (Å²) in [6, 6.07) is 7.02. The molecule has 0 atom stereocenters. The second-order valence-corrected chi connectivity index (χ2v) is 6.57. The maximum absolute atomic E-state index is 11.8. The first-order chi connectivity index (χ1) is 8.63. The van der Waals surface area contributed by atoms with Crippen LogP contribution in [0.25, 0.3) is 0 Å². The lowest BCUT2D eigenvalue weighted by Crippen LogP contribution is -2.21. The van der Waals surface area contributed by atoms with E-state index in [1.165, 1.54) is 26.3 Å². The molecule has 2 rings (SSSR count). The number of hydrogen-bond acceptors (Lipinski definition) is 3. The van der Waals surface area contributed by atoms with Crippen LogP contribution in [0.4, 0.5) is 5.69 Å². The average Bonchev–Trinajstić information content (AvgIpc) is 2.33. The Morgan fingerprint density at radius 3 is 2.61 bits per heavy atom. The number of rotatable bonds is 6. The van der Waals surface area contributed by atoms with E-state index in [0.717, 1.165) is 18.9 Å². The summed E-state index contributed by atoms with van der Waals surface area (Å²) in [5, 5.41) is 3.23. The first-order valence-electron chi connectivity index (χ1n) is 6.40. The molecule has 1 aliphatic rings. The fourth-order valence-electron chi connectivity index (χ4n) is 2.15. The fraction of sp³-hybridized carbons (Fsp3) is 0.538. The van der Waals surface area contributed by atoms with Crippen molar-refractivity contribution in [2.75, 3.05) is 18.9 Å². The van der Waals surface area contributed by atoms with Gasteiger partial charge in [0.05, 0.1) is 5.69 Å². The Bertz CT molecular complexity index is 495. The van der Waals surface area contributed by atoms with Gasteiger partial charge in [-0.05, 0) is 31.5 Å². The molecule has 0 aromatic heterocycles. The topological polar surface area (TPSA) is 58.2 Å². The van der Waals surface area contributed by atoms with Gasteiger partial charge in [-0.15, -0.1) is 0 Å². The molecule has 1 aliphatic carbocycles. The van der Waals surface area contributed by atoms with E-state index in [0.29, 0.717) is 10.6 Å². The van der Waals surface area contributed by atoms with Crippen LogP contribution >= 0.6 is 0 Å². The predicted octanol–water partition coefficient (Wildman–Crippen LogP) is 2.20. The molecule has 0 heterocycles. The highest BCUT2D eigenvalue weighted by Gasteiger charge is 2.18. The standard InChI is InChI=1S/C13H20N2O2S/c1-14-18(16,17)13-8-3-2-7-12(13)15-10-9-11-5-4-6-11/h2-3,7-8,11,14-15H,4-6,9-10H2,1H3. The Hall–Kier alpha value is -1.07. The first-order valence-corrected chi connectivity index (χ1v) is 7.88. The molecule has 0 bridgehead atoms. The van der Waals surface area contributed by atoms with Crippen LogP contribution in [0, 0.1) is 5.92 Å². The number of para-hydroxylation sites is 1. The van der Waals surface area contributed by atoms with Crippen LogP contribution in [0.1, 0.15) is 25.7 Å². The Labute approximate surface area is 109 Å². The molecule has 4 nitrogen and oxygen atoms in total. The minimum absolute atomic E-state index is 0.320. The van der Waals surface area contributed by atoms with Crippen molar-refractivity contribution in [2.24, 2.45) is 5.92 Å². The molecule has 0 radical (unpaired) electrons. The summed E-state index contributed by atoms with van der Waals surface area (Å²) in [5.41, 5.74) is 0.686. The third kappa shape index (κ3) is 3.03. The van der Waals surface area contributed by atoms with E-state index >= 15 is 0 Å². The largest absolute Gasteiger partial charge is 0.384 e. The van der Waals surface area contributed by atoms with E-state index in [2.05, 4.69) is 10.0 Å². The molecule has 0 aliphatic heterocycles. The minimum atomic E-state index is -3.38. The van der Waals surface area contributed by atoms with E-state index < -0.39 is 10.0 Å². The normalized spacial score (nSPS) is 16.3. The highest BCUT2D eigenvalue weighted by Crippen LogP contribution is 2.29. The third-order valence-corrected chi connectivity index (χ3v) is 5.01. The van der Waals surface area contributed by atoms with Gasteiger partial charge in [0.2, 0.25) is 10.0 Å². The number of sulfonamides is 1. The molecule has 0 saturated heterocycles. The molecule has 100 valence electrons. The van der Waals surface area contributed by atoms with Gasteiger partial charge in [0, 0.05) is 6.54 Å². The van der Waals surface area contributed by atoms with Crippen LogP contribution in [-0.2, 0) is 10.0 Å². The van der Waals surface area contributed by atoms with E-state index in [1.807, 2.05) is 12.1 Å². The van der Waals surface area contributed by atoms with Crippen LogP contribution < -0.4 is 10.0 Å². The van der Waals surface area contributed by atoms with Gasteiger partial charge in [-0.2, -0.15) is 0 Å². The maximum Gasteiger partial charge on any atom is 0.242 e. The number of nitrogens with one attached hydrogen (secondary N) is 2. The van der Waals surface area contributed by atoms with Gasteiger partial charge in [-0.25, -0.2) is 13.1 Å². The summed E-state index contributed by atoms with van der Waals surface area (Å²) in [7, 11) is -1.95. The zero-order valence-electron chi connectivity index (χ0n) is 10.6. The lowest BCUT2D eigenvalue weighted by Gasteiger charge is -2.25. The van der Waals surface area contributed by atoms with Crippen molar-refractivity contribution in [1.82, 2.24) is 4.72 Å². The smallest absolute Gasteiger partial charge is 0.242 e. The second-order valence-electron chi connectivity index (χ2n) is 4.72. The van der Waals surface area contributed by atoms with Crippen molar-refractivity contribution in [3.8, 4) is 0 Å². The predicted molar refractivity (Wildman–Crippen MR) is 73.1 cm³/mol. The molecule has 0 amide bonds. The quantitative estimate of drug-likeness (QED) is 0.831. The van der Waals surface area contributed by atoms with Gasteiger partial charge >= 0.3 is 0 Å². The highest BCUT2D eigenvalue weighted by molar-refractivity contribution is 7.89. The van der Waals surface area contributed by atoms with Crippen molar-refractivity contribution in [3.05, 3.63) is 24.3 Å². The van der Waals surface area contributed by atoms with Gasteiger partial charge in [0.1, 0.15) is 4.90 Å². The number of anilines is 1. The van der Waals surface area contributed by atoms with Crippen LogP contribution in [0.15, 0.2) is 29.2 Å². The van der Waals surface area contributed by atoms with Crippen molar-refractivity contribution < 1.29 is 8.42 Å². The summed E-state index contributed by atoms with van der Waals surface area (Å²) in [6.45, 7) is 0.834. The molecule has 1 saturated carbocycles. The van der Waals surface area contributed by atoms with E-state index in [-0.39, 0.29) is 0 Å². The zero-order valence-corrected chi connectivity index (χ0v) is 11.5. The van der Waals surface area contributed by atoms with E-state index in [9.17, 15) is 8.42 Å². The summed E-state index contributed by atoms with van der Waals surface area (Å²) < 4.78 is 26.0. The Morgan fingerprint density at radius 2 is 2.00 bits per heavy atom. The first kappa shape index (κ1) is 13.4. The van der Waals surface area contributed by atoms with Gasteiger partial charge < -0.3 is 5.32 Å². The highest BCUT2D eigenvalue weighted by atomic mass is 32.2. The molecule has 0 unspecified atom stereocenters. The Morgan fingerprint density at radius 1 is 1.28 bits per heavy atom.